The Labute approximate surface area is 86.1 Å². The fourth-order valence-corrected chi connectivity index (χ4v) is 11.1. The number of hydrogen-bond donors (Lipinski definition) is 0. The van der Waals surface area contributed by atoms with Crippen molar-refractivity contribution in [1.82, 2.24) is 0 Å². The molecule has 0 aliphatic carbocycles. The maximum absolute atomic E-state index is 8.60. The Kier molecular flexibility index (Phi) is 10.2. The van der Waals surface area contributed by atoms with Gasteiger partial charge in [-0.05, 0) is 0 Å². The minimum atomic E-state index is -1.26. The summed E-state index contributed by atoms with van der Waals surface area (Å²) in [6.45, 7) is 4.47. The van der Waals surface area contributed by atoms with Crippen molar-refractivity contribution in [3.8, 4) is 5.40 Å². The van der Waals surface area contributed by atoms with E-state index < -0.39 is 18.4 Å². The summed E-state index contributed by atoms with van der Waals surface area (Å²) in [6.07, 6.45) is 5.30. The molecule has 0 aromatic rings. The molecule has 0 aromatic carbocycles. The van der Waals surface area contributed by atoms with E-state index in [-0.39, 0.29) is 0 Å². The van der Waals surface area contributed by atoms with Crippen LogP contribution in [0.2, 0.25) is 8.87 Å². The molecule has 0 spiro atoms. The van der Waals surface area contributed by atoms with Crippen LogP contribution in [0.1, 0.15) is 39.5 Å². The quantitative estimate of drug-likeness (QED) is 0.526. The van der Waals surface area contributed by atoms with E-state index in [2.05, 4.69) is 19.2 Å². The van der Waals surface area contributed by atoms with E-state index in [1.165, 1.54) is 34.6 Å². The molecule has 0 amide bonds. The molecule has 0 unspecified atom stereocenters. The average molecular weight is 291 g/mol. The van der Waals surface area contributed by atoms with Crippen molar-refractivity contribution in [3.05, 3.63) is 0 Å². The molecule has 0 bridgehead atoms. The van der Waals surface area contributed by atoms with Gasteiger partial charge >= 0.3 is 86.4 Å². The Bertz CT molecular complexity index is 125. The van der Waals surface area contributed by atoms with E-state index in [0.717, 1.165) is 0 Å². The van der Waals surface area contributed by atoms with Crippen molar-refractivity contribution in [1.29, 1.82) is 5.26 Å². The second kappa shape index (κ2) is 9.72. The van der Waals surface area contributed by atoms with Gasteiger partial charge in [-0.2, -0.15) is 0 Å². The molecule has 12 heavy (non-hydrogen) atoms. The normalized spacial score (nSPS) is 10.2. The van der Waals surface area contributed by atoms with E-state index in [1.54, 1.807) is 8.95 Å². The molecule has 1 nitrogen and oxygen atoms in total. The van der Waals surface area contributed by atoms with Crippen molar-refractivity contribution in [2.45, 2.75) is 48.4 Å². The fourth-order valence-electron chi connectivity index (χ4n) is 1.04. The van der Waals surface area contributed by atoms with Crippen LogP contribution in [0.25, 0.3) is 0 Å². The van der Waals surface area contributed by atoms with E-state index in [9.17, 15) is 0 Å². The average Bonchev–Trinajstić information content (AvgIpc) is 2.10. The second-order valence-corrected chi connectivity index (χ2v) is 14.9. The fraction of sp³-hybridized carbons (Fsp3) is 0.889. The number of hydrogen-bond acceptors (Lipinski definition) is 2. The van der Waals surface area contributed by atoms with Gasteiger partial charge in [0, 0.05) is 0 Å². The molecule has 1 radical (unpaired) electrons. The first-order chi connectivity index (χ1) is 5.85. The third-order valence-corrected chi connectivity index (χ3v) is 13.4. The maximum atomic E-state index is 8.60. The third-order valence-electron chi connectivity index (χ3n) is 1.81. The Morgan fingerprint density at radius 3 is 2.00 bits per heavy atom. The molecule has 0 atom stereocenters. The van der Waals surface area contributed by atoms with Crippen molar-refractivity contribution < 1.29 is 0 Å². The van der Waals surface area contributed by atoms with Gasteiger partial charge in [0.15, 0.2) is 0 Å². The summed E-state index contributed by atoms with van der Waals surface area (Å²) in [5, 5.41) is 10.9. The zero-order valence-corrected chi connectivity index (χ0v) is 11.8. The molecule has 0 saturated heterocycles. The van der Waals surface area contributed by atoms with E-state index in [1.807, 2.05) is 0 Å². The van der Waals surface area contributed by atoms with Crippen LogP contribution < -0.4 is 0 Å². The number of thiocyanates is 1. The molecule has 69 valence electrons. The van der Waals surface area contributed by atoms with Crippen LogP contribution in [0.15, 0.2) is 0 Å². The molecule has 0 rings (SSSR count). The van der Waals surface area contributed by atoms with Gasteiger partial charge in [0.2, 0.25) is 0 Å². The first kappa shape index (κ1) is 12.6. The Hall–Kier alpha value is 0.639. The molecule has 0 aromatic heterocycles. The van der Waals surface area contributed by atoms with E-state index in [4.69, 9.17) is 5.26 Å². The van der Waals surface area contributed by atoms with Crippen molar-refractivity contribution in [2.75, 3.05) is 0 Å². The van der Waals surface area contributed by atoms with E-state index >= 15 is 0 Å². The molecule has 0 saturated carbocycles. The third kappa shape index (κ3) is 7.30. The summed E-state index contributed by atoms with van der Waals surface area (Å²) in [6, 6.07) is 0. The van der Waals surface area contributed by atoms with Crippen LogP contribution in [0.5, 0.6) is 0 Å². The SMILES string of the molecule is CCC[CH2][Sn]([CH2]CCC)[S]C#N. The summed E-state index contributed by atoms with van der Waals surface area (Å²) < 4.78 is 2.83. The molecule has 3 heteroatoms. The van der Waals surface area contributed by atoms with Crippen molar-refractivity contribution >= 4 is 27.3 Å². The standard InChI is InChI=1S/2C4H9.CHNS.Sn/c2*1-3-4-2;2-1-3;/h2*1,3-4H2,2H3;3H;/q;;;+1/p-1. The minimum absolute atomic E-state index is 1.26. The molecule has 0 fully saturated rings. The summed E-state index contributed by atoms with van der Waals surface area (Å²) in [4.78, 5) is 0. The van der Waals surface area contributed by atoms with Crippen LogP contribution in [0.3, 0.4) is 0 Å². The van der Waals surface area contributed by atoms with Crippen LogP contribution in [-0.4, -0.2) is 18.4 Å². The Morgan fingerprint density at radius 2 is 1.67 bits per heavy atom. The van der Waals surface area contributed by atoms with Gasteiger partial charge in [-0.15, -0.1) is 0 Å². The second-order valence-electron chi connectivity index (χ2n) is 2.94. The summed E-state index contributed by atoms with van der Waals surface area (Å²) in [7, 11) is 1.66. The van der Waals surface area contributed by atoms with Gasteiger partial charge in [0.25, 0.3) is 0 Å². The van der Waals surface area contributed by atoms with Crippen molar-refractivity contribution in [3.63, 3.8) is 0 Å². The topological polar surface area (TPSA) is 23.8 Å². The van der Waals surface area contributed by atoms with Gasteiger partial charge in [0.1, 0.15) is 0 Å². The predicted molar refractivity (Wildman–Crippen MR) is 58.4 cm³/mol. The van der Waals surface area contributed by atoms with Gasteiger partial charge in [-0.3, -0.25) is 0 Å². The van der Waals surface area contributed by atoms with Crippen LogP contribution in [-0.2, 0) is 0 Å². The number of nitriles is 1. The van der Waals surface area contributed by atoms with E-state index in [0.29, 0.717) is 0 Å². The zero-order chi connectivity index (χ0) is 9.23. The molecular formula is C9H18NSSn. The molecular weight excluding hydrogens is 273 g/mol. The van der Waals surface area contributed by atoms with Crippen LogP contribution >= 0.6 is 8.95 Å². The van der Waals surface area contributed by atoms with Gasteiger partial charge in [0.05, 0.1) is 0 Å². The Balaban J connectivity index is 3.48. The van der Waals surface area contributed by atoms with Crippen molar-refractivity contribution in [2.24, 2.45) is 0 Å². The van der Waals surface area contributed by atoms with Crippen LogP contribution in [0.4, 0.5) is 0 Å². The van der Waals surface area contributed by atoms with Gasteiger partial charge in [-0.25, -0.2) is 0 Å². The molecule has 0 aliphatic rings. The predicted octanol–water partition coefficient (Wildman–Crippen LogP) is 3.79. The van der Waals surface area contributed by atoms with Gasteiger partial charge < -0.3 is 0 Å². The Morgan fingerprint density at radius 1 is 1.17 bits per heavy atom. The summed E-state index contributed by atoms with van der Waals surface area (Å²) in [5.74, 6) is 0. The molecule has 0 aliphatic heterocycles. The first-order valence-corrected chi connectivity index (χ1v) is 13.1. The molecule has 0 N–H and O–H groups in total. The number of unbranched alkanes of at least 4 members (excludes halogenated alkanes) is 2. The number of nitrogens with zero attached hydrogens (tertiary/aromatic N) is 1. The summed E-state index contributed by atoms with van der Waals surface area (Å²) in [5.41, 5.74) is 0. The summed E-state index contributed by atoms with van der Waals surface area (Å²) >= 11 is -1.26. The monoisotopic (exact) mass is 292 g/mol. The van der Waals surface area contributed by atoms with Crippen LogP contribution in [0, 0.1) is 10.7 Å². The molecule has 0 heterocycles. The van der Waals surface area contributed by atoms with Gasteiger partial charge in [-0.1, -0.05) is 0 Å². The zero-order valence-electron chi connectivity index (χ0n) is 8.10. The first-order valence-electron chi connectivity index (χ1n) is 4.75. The number of rotatable bonds is 7.